The first kappa shape index (κ1) is 18.3. The van der Waals surface area contributed by atoms with Gasteiger partial charge in [0, 0.05) is 23.1 Å². The molecule has 0 saturated heterocycles. The van der Waals surface area contributed by atoms with E-state index in [1.807, 2.05) is 71.4 Å². The molecule has 0 aliphatic rings. The Morgan fingerprint density at radius 2 is 1.37 bits per heavy atom. The van der Waals surface area contributed by atoms with Crippen LogP contribution in [0, 0.1) is 0 Å². The number of benzene rings is 3. The molecule has 5 rings (SSSR count). The zero-order chi connectivity index (χ0) is 20.2. The molecule has 0 fully saturated rings. The van der Waals surface area contributed by atoms with Crippen molar-refractivity contribution >= 4 is 11.8 Å². The van der Waals surface area contributed by atoms with Gasteiger partial charge in [0.2, 0.25) is 5.16 Å². The lowest BCUT2D eigenvalue weighted by Crippen LogP contribution is -1.98. The molecule has 7 heteroatoms. The first-order chi connectivity index (χ1) is 14.9. The second-order valence-corrected chi connectivity index (χ2v) is 7.59. The van der Waals surface area contributed by atoms with E-state index in [1.165, 1.54) is 0 Å². The van der Waals surface area contributed by atoms with Crippen LogP contribution in [0.5, 0.6) is 0 Å². The Balaban J connectivity index is 1.48. The zero-order valence-corrected chi connectivity index (χ0v) is 16.9. The van der Waals surface area contributed by atoms with Crippen LogP contribution in [0.1, 0.15) is 5.56 Å². The van der Waals surface area contributed by atoms with Gasteiger partial charge in [0.15, 0.2) is 0 Å². The number of hydrogen-bond donors (Lipinski definition) is 0. The van der Waals surface area contributed by atoms with Crippen molar-refractivity contribution in [3.05, 3.63) is 103 Å². The summed E-state index contributed by atoms with van der Waals surface area (Å²) in [4.78, 5) is 0. The van der Waals surface area contributed by atoms with Gasteiger partial charge in [0.1, 0.15) is 0 Å². The molecule has 2 aromatic heterocycles. The monoisotopic (exact) mass is 410 g/mol. The Labute approximate surface area is 178 Å². The van der Waals surface area contributed by atoms with Crippen LogP contribution in [-0.2, 0) is 5.75 Å². The molecule has 30 heavy (non-hydrogen) atoms. The number of tetrazole rings is 1. The topological polar surface area (TPSA) is 61.4 Å². The van der Waals surface area contributed by atoms with Gasteiger partial charge < -0.3 is 0 Å². The van der Waals surface area contributed by atoms with Gasteiger partial charge in [-0.15, -0.1) is 5.10 Å². The summed E-state index contributed by atoms with van der Waals surface area (Å²) in [7, 11) is 0. The highest BCUT2D eigenvalue weighted by Crippen LogP contribution is 2.29. The molecule has 0 spiro atoms. The number of para-hydroxylation sites is 2. The second-order valence-electron chi connectivity index (χ2n) is 6.65. The SMILES string of the molecule is c1ccc(-c2nn(-c3ccccc3)cc2CSc2nnnn2-c2ccccc2)cc1. The summed E-state index contributed by atoms with van der Waals surface area (Å²) in [6, 6.07) is 30.3. The highest BCUT2D eigenvalue weighted by molar-refractivity contribution is 7.98. The van der Waals surface area contributed by atoms with Gasteiger partial charge in [0.05, 0.1) is 17.1 Å². The maximum Gasteiger partial charge on any atom is 0.214 e. The lowest BCUT2D eigenvalue weighted by molar-refractivity contribution is 0.756. The molecule has 0 bridgehead atoms. The van der Waals surface area contributed by atoms with Crippen molar-refractivity contribution in [2.45, 2.75) is 10.9 Å². The van der Waals surface area contributed by atoms with E-state index >= 15 is 0 Å². The van der Waals surface area contributed by atoms with E-state index in [2.05, 4.69) is 46.0 Å². The highest BCUT2D eigenvalue weighted by Gasteiger charge is 2.15. The Hall–Kier alpha value is -3.71. The molecule has 0 aliphatic carbocycles. The van der Waals surface area contributed by atoms with Gasteiger partial charge in [-0.3, -0.25) is 0 Å². The summed E-state index contributed by atoms with van der Waals surface area (Å²) in [5.74, 6) is 0.699. The molecule has 0 radical (unpaired) electrons. The van der Waals surface area contributed by atoms with Crippen molar-refractivity contribution in [2.75, 3.05) is 0 Å². The van der Waals surface area contributed by atoms with Crippen molar-refractivity contribution in [3.63, 3.8) is 0 Å². The molecule has 2 heterocycles. The molecule has 0 aliphatic heterocycles. The Morgan fingerprint density at radius 3 is 2.07 bits per heavy atom. The van der Waals surface area contributed by atoms with Gasteiger partial charge in [0.25, 0.3) is 0 Å². The first-order valence-corrected chi connectivity index (χ1v) is 10.5. The van der Waals surface area contributed by atoms with E-state index < -0.39 is 0 Å². The van der Waals surface area contributed by atoms with Gasteiger partial charge in [-0.25, -0.2) is 4.68 Å². The maximum atomic E-state index is 4.88. The predicted octanol–water partition coefficient (Wildman–Crippen LogP) is 4.81. The Kier molecular flexibility index (Phi) is 5.10. The van der Waals surface area contributed by atoms with E-state index in [0.29, 0.717) is 5.75 Å². The minimum Gasteiger partial charge on any atom is -0.240 e. The standard InChI is InChI=1S/C23H18N6S/c1-4-10-18(11-5-1)22-19(16-28(25-22)20-12-6-2-7-13-20)17-30-23-24-26-27-29(23)21-14-8-3-9-15-21/h1-16H,17H2. The molecule has 0 unspecified atom stereocenters. The summed E-state index contributed by atoms with van der Waals surface area (Å²) in [6.45, 7) is 0. The van der Waals surface area contributed by atoms with E-state index in [0.717, 1.165) is 33.4 Å². The van der Waals surface area contributed by atoms with E-state index in [1.54, 1.807) is 16.4 Å². The molecule has 6 nitrogen and oxygen atoms in total. The number of hydrogen-bond acceptors (Lipinski definition) is 5. The average molecular weight is 411 g/mol. The average Bonchev–Trinajstić information content (AvgIpc) is 3.47. The molecular weight excluding hydrogens is 392 g/mol. The molecule has 3 aromatic carbocycles. The smallest absolute Gasteiger partial charge is 0.214 e. The van der Waals surface area contributed by atoms with Crippen LogP contribution in [0.2, 0.25) is 0 Å². The number of rotatable bonds is 6. The Morgan fingerprint density at radius 1 is 0.733 bits per heavy atom. The first-order valence-electron chi connectivity index (χ1n) is 9.54. The summed E-state index contributed by atoms with van der Waals surface area (Å²) >= 11 is 1.59. The van der Waals surface area contributed by atoms with E-state index in [-0.39, 0.29) is 0 Å². The molecule has 0 N–H and O–H groups in total. The fourth-order valence-corrected chi connectivity index (χ4v) is 4.06. The van der Waals surface area contributed by atoms with E-state index in [9.17, 15) is 0 Å². The summed E-state index contributed by atoms with van der Waals surface area (Å²) in [6.07, 6.45) is 2.08. The third kappa shape index (κ3) is 3.75. The zero-order valence-electron chi connectivity index (χ0n) is 16.0. The predicted molar refractivity (Wildman–Crippen MR) is 118 cm³/mol. The third-order valence-corrected chi connectivity index (χ3v) is 5.62. The largest absolute Gasteiger partial charge is 0.240 e. The molecule has 0 atom stereocenters. The van der Waals surface area contributed by atoms with Gasteiger partial charge in [-0.2, -0.15) is 9.78 Å². The number of nitrogens with zero attached hydrogens (tertiary/aromatic N) is 6. The van der Waals surface area contributed by atoms with Gasteiger partial charge >= 0.3 is 0 Å². The minimum atomic E-state index is 0.699. The van der Waals surface area contributed by atoms with E-state index in [4.69, 9.17) is 5.10 Å². The van der Waals surface area contributed by atoms with Crippen LogP contribution in [0.3, 0.4) is 0 Å². The minimum absolute atomic E-state index is 0.699. The highest BCUT2D eigenvalue weighted by atomic mass is 32.2. The molecule has 5 aromatic rings. The van der Waals surface area contributed by atoms with Crippen LogP contribution in [-0.4, -0.2) is 30.0 Å². The molecular formula is C23H18N6S. The third-order valence-electron chi connectivity index (χ3n) is 4.66. The van der Waals surface area contributed by atoms with Crippen molar-refractivity contribution in [1.29, 1.82) is 0 Å². The quantitative estimate of drug-likeness (QED) is 0.376. The number of aromatic nitrogens is 6. The van der Waals surface area contributed by atoms with Crippen molar-refractivity contribution in [1.82, 2.24) is 30.0 Å². The number of thioether (sulfide) groups is 1. The molecule has 146 valence electrons. The summed E-state index contributed by atoms with van der Waals surface area (Å²) in [5, 5.41) is 17.8. The van der Waals surface area contributed by atoms with Crippen LogP contribution in [0.15, 0.2) is 102 Å². The van der Waals surface area contributed by atoms with Crippen LogP contribution in [0.25, 0.3) is 22.6 Å². The van der Waals surface area contributed by atoms with Crippen LogP contribution in [0.4, 0.5) is 0 Å². The fourth-order valence-electron chi connectivity index (χ4n) is 3.21. The van der Waals surface area contributed by atoms with Crippen molar-refractivity contribution in [3.8, 4) is 22.6 Å². The van der Waals surface area contributed by atoms with Crippen molar-refractivity contribution in [2.24, 2.45) is 0 Å². The summed E-state index contributed by atoms with van der Waals surface area (Å²) in [5.41, 5.74) is 5.14. The molecule has 0 amide bonds. The van der Waals surface area contributed by atoms with Gasteiger partial charge in [-0.1, -0.05) is 78.5 Å². The fraction of sp³-hybridized carbons (Fsp3) is 0.0435. The molecule has 0 saturated carbocycles. The van der Waals surface area contributed by atoms with Crippen LogP contribution >= 0.6 is 11.8 Å². The Bertz CT molecular complexity index is 1230. The van der Waals surface area contributed by atoms with Crippen LogP contribution < -0.4 is 0 Å². The van der Waals surface area contributed by atoms with Gasteiger partial charge in [-0.05, 0) is 34.7 Å². The second kappa shape index (κ2) is 8.34. The lowest BCUT2D eigenvalue weighted by Gasteiger charge is -2.04. The lowest BCUT2D eigenvalue weighted by atomic mass is 10.1. The maximum absolute atomic E-state index is 4.88. The van der Waals surface area contributed by atoms with Crippen molar-refractivity contribution < 1.29 is 0 Å². The summed E-state index contributed by atoms with van der Waals surface area (Å²) < 4.78 is 3.69. The normalized spacial score (nSPS) is 10.9.